The number of imidazole rings is 1. The largest absolute Gasteiger partial charge is 0.336 e. The second-order valence-corrected chi connectivity index (χ2v) is 3.64. The Morgan fingerprint density at radius 2 is 2.27 bits per heavy atom. The van der Waals surface area contributed by atoms with Crippen molar-refractivity contribution in [2.24, 2.45) is 0 Å². The Bertz CT molecular complexity index is 537. The molecule has 0 radical (unpaired) electrons. The van der Waals surface area contributed by atoms with Crippen molar-refractivity contribution in [1.29, 1.82) is 5.26 Å². The van der Waals surface area contributed by atoms with E-state index in [2.05, 4.69) is 9.97 Å². The van der Waals surface area contributed by atoms with Gasteiger partial charge in [-0.15, -0.1) is 0 Å². The van der Waals surface area contributed by atoms with Gasteiger partial charge in [-0.05, 0) is 18.6 Å². The van der Waals surface area contributed by atoms with E-state index in [1.54, 1.807) is 6.20 Å². The molecule has 0 unspecified atom stereocenters. The second-order valence-electron chi connectivity index (χ2n) is 3.23. The summed E-state index contributed by atoms with van der Waals surface area (Å²) in [5.41, 5.74) is 2.62. The number of H-pyrrole nitrogens is 1. The molecule has 0 aliphatic carbocycles. The summed E-state index contributed by atoms with van der Waals surface area (Å²) in [7, 11) is 0. The molecule has 0 aliphatic heterocycles. The highest BCUT2D eigenvalue weighted by Crippen LogP contribution is 2.27. The van der Waals surface area contributed by atoms with E-state index >= 15 is 0 Å². The second kappa shape index (κ2) is 3.76. The van der Waals surface area contributed by atoms with Crippen molar-refractivity contribution in [3.8, 4) is 17.3 Å². The third-order valence-corrected chi connectivity index (χ3v) is 2.40. The van der Waals surface area contributed by atoms with E-state index in [9.17, 15) is 0 Å². The summed E-state index contributed by atoms with van der Waals surface area (Å²) >= 11 is 6.08. The van der Waals surface area contributed by atoms with Crippen LogP contribution in [0.3, 0.4) is 0 Å². The fraction of sp³-hybridized carbons (Fsp3) is 0.0909. The number of aryl methyl sites for hydroxylation is 1. The third-order valence-electron chi connectivity index (χ3n) is 2.08. The van der Waals surface area contributed by atoms with Gasteiger partial charge in [0.25, 0.3) is 0 Å². The molecule has 0 bridgehead atoms. The standard InChI is InChI=1S/C11H8ClN3/c1-7-2-3-8(9(12)4-7)10-6-14-11(5-13)15-10/h2-4,6H,1H3,(H,14,15). The average Bonchev–Trinajstić information content (AvgIpc) is 2.66. The van der Waals surface area contributed by atoms with E-state index < -0.39 is 0 Å². The topological polar surface area (TPSA) is 52.5 Å². The number of benzene rings is 1. The molecule has 3 nitrogen and oxygen atoms in total. The molecule has 15 heavy (non-hydrogen) atoms. The lowest BCUT2D eigenvalue weighted by molar-refractivity contribution is 1.23. The van der Waals surface area contributed by atoms with E-state index in [-0.39, 0.29) is 0 Å². The van der Waals surface area contributed by atoms with Crippen LogP contribution in [-0.4, -0.2) is 9.97 Å². The molecule has 0 spiro atoms. The highest BCUT2D eigenvalue weighted by Gasteiger charge is 2.07. The molecule has 4 heteroatoms. The molecular weight excluding hydrogens is 210 g/mol. The summed E-state index contributed by atoms with van der Waals surface area (Å²) in [6.07, 6.45) is 1.68. The Balaban J connectivity index is 2.50. The molecule has 0 amide bonds. The van der Waals surface area contributed by atoms with Gasteiger partial charge in [0.1, 0.15) is 6.07 Å². The fourth-order valence-electron chi connectivity index (χ4n) is 1.34. The summed E-state index contributed by atoms with van der Waals surface area (Å²) in [5, 5.41) is 9.28. The first kappa shape index (κ1) is 9.75. The first-order valence-electron chi connectivity index (χ1n) is 4.43. The van der Waals surface area contributed by atoms with Crippen molar-refractivity contribution in [2.45, 2.75) is 6.92 Å². The van der Waals surface area contributed by atoms with Gasteiger partial charge in [-0.1, -0.05) is 23.7 Å². The minimum Gasteiger partial charge on any atom is -0.336 e. The minimum absolute atomic E-state index is 0.293. The van der Waals surface area contributed by atoms with E-state index in [1.165, 1.54) is 0 Å². The molecule has 2 rings (SSSR count). The van der Waals surface area contributed by atoms with Crippen molar-refractivity contribution in [3.05, 3.63) is 40.8 Å². The van der Waals surface area contributed by atoms with Crippen LogP contribution in [0.5, 0.6) is 0 Å². The first-order valence-corrected chi connectivity index (χ1v) is 4.80. The van der Waals surface area contributed by atoms with Gasteiger partial charge in [-0.25, -0.2) is 4.98 Å². The zero-order chi connectivity index (χ0) is 10.8. The number of aromatic nitrogens is 2. The summed E-state index contributed by atoms with van der Waals surface area (Å²) in [5.74, 6) is 0.293. The number of halogens is 1. The Morgan fingerprint density at radius 1 is 1.47 bits per heavy atom. The van der Waals surface area contributed by atoms with E-state index in [0.717, 1.165) is 11.1 Å². The van der Waals surface area contributed by atoms with Crippen molar-refractivity contribution in [1.82, 2.24) is 9.97 Å². The lowest BCUT2D eigenvalue weighted by atomic mass is 10.1. The quantitative estimate of drug-likeness (QED) is 0.799. The molecular formula is C11H8ClN3. The van der Waals surface area contributed by atoms with Gasteiger partial charge in [0.05, 0.1) is 10.7 Å². The number of nitrogens with one attached hydrogen (secondary N) is 1. The van der Waals surface area contributed by atoms with Gasteiger partial charge in [0.15, 0.2) is 0 Å². The molecule has 1 heterocycles. The number of nitriles is 1. The number of rotatable bonds is 1. The predicted octanol–water partition coefficient (Wildman–Crippen LogP) is 2.91. The number of hydrogen-bond acceptors (Lipinski definition) is 2. The summed E-state index contributed by atoms with van der Waals surface area (Å²) in [6.45, 7) is 1.97. The maximum absolute atomic E-state index is 8.63. The van der Waals surface area contributed by atoms with E-state index in [1.807, 2.05) is 31.2 Å². The van der Waals surface area contributed by atoms with Crippen LogP contribution in [0.4, 0.5) is 0 Å². The molecule has 0 saturated heterocycles. The molecule has 1 aromatic carbocycles. The van der Waals surface area contributed by atoms with Crippen LogP contribution in [0.1, 0.15) is 11.4 Å². The zero-order valence-electron chi connectivity index (χ0n) is 8.08. The fourth-order valence-corrected chi connectivity index (χ4v) is 1.68. The van der Waals surface area contributed by atoms with Crippen LogP contribution in [0, 0.1) is 18.3 Å². The van der Waals surface area contributed by atoms with Crippen molar-refractivity contribution in [2.75, 3.05) is 0 Å². The lowest BCUT2D eigenvalue weighted by Gasteiger charge is -2.00. The molecule has 74 valence electrons. The van der Waals surface area contributed by atoms with Crippen LogP contribution < -0.4 is 0 Å². The van der Waals surface area contributed by atoms with Gasteiger partial charge in [0, 0.05) is 11.8 Å². The molecule has 0 aliphatic rings. The smallest absolute Gasteiger partial charge is 0.210 e. The van der Waals surface area contributed by atoms with E-state index in [4.69, 9.17) is 16.9 Å². The molecule has 0 fully saturated rings. The minimum atomic E-state index is 0.293. The number of aromatic amines is 1. The Morgan fingerprint density at radius 3 is 2.87 bits per heavy atom. The van der Waals surface area contributed by atoms with Crippen LogP contribution >= 0.6 is 11.6 Å². The Labute approximate surface area is 92.3 Å². The van der Waals surface area contributed by atoms with Crippen LogP contribution in [0.2, 0.25) is 5.02 Å². The van der Waals surface area contributed by atoms with Gasteiger partial charge in [-0.3, -0.25) is 0 Å². The number of hydrogen-bond donors (Lipinski definition) is 1. The maximum atomic E-state index is 8.63. The van der Waals surface area contributed by atoms with E-state index in [0.29, 0.717) is 16.5 Å². The number of nitrogens with zero attached hydrogens (tertiary/aromatic N) is 2. The zero-order valence-corrected chi connectivity index (χ0v) is 8.84. The molecule has 1 aromatic heterocycles. The summed E-state index contributed by atoms with van der Waals surface area (Å²) in [4.78, 5) is 6.85. The van der Waals surface area contributed by atoms with Crippen LogP contribution in [-0.2, 0) is 0 Å². The molecule has 0 atom stereocenters. The normalized spacial score (nSPS) is 9.93. The first-order chi connectivity index (χ1) is 7.20. The summed E-state index contributed by atoms with van der Waals surface area (Å²) in [6, 6.07) is 7.67. The SMILES string of the molecule is Cc1ccc(-c2c[nH]c(C#N)n2)c(Cl)c1. The third kappa shape index (κ3) is 1.85. The highest BCUT2D eigenvalue weighted by molar-refractivity contribution is 6.33. The van der Waals surface area contributed by atoms with Crippen molar-refractivity contribution < 1.29 is 0 Å². The Hall–Kier alpha value is -1.79. The van der Waals surface area contributed by atoms with Crippen molar-refractivity contribution >= 4 is 11.6 Å². The monoisotopic (exact) mass is 217 g/mol. The maximum Gasteiger partial charge on any atom is 0.210 e. The lowest BCUT2D eigenvalue weighted by Crippen LogP contribution is -1.81. The molecule has 2 aromatic rings. The van der Waals surface area contributed by atoms with Crippen LogP contribution in [0.25, 0.3) is 11.3 Å². The van der Waals surface area contributed by atoms with Gasteiger partial charge in [-0.2, -0.15) is 5.26 Å². The highest BCUT2D eigenvalue weighted by atomic mass is 35.5. The van der Waals surface area contributed by atoms with Crippen molar-refractivity contribution in [3.63, 3.8) is 0 Å². The average molecular weight is 218 g/mol. The van der Waals surface area contributed by atoms with Crippen LogP contribution in [0.15, 0.2) is 24.4 Å². The van der Waals surface area contributed by atoms with Gasteiger partial charge in [0.2, 0.25) is 5.82 Å². The Kier molecular flexibility index (Phi) is 2.44. The summed E-state index contributed by atoms with van der Waals surface area (Å²) < 4.78 is 0. The van der Waals surface area contributed by atoms with Gasteiger partial charge >= 0.3 is 0 Å². The molecule has 0 saturated carbocycles. The molecule has 1 N–H and O–H groups in total. The predicted molar refractivity (Wildman–Crippen MR) is 58.5 cm³/mol. The van der Waals surface area contributed by atoms with Gasteiger partial charge < -0.3 is 4.98 Å².